The molecule has 0 fully saturated rings. The maximum absolute atomic E-state index is 12.9. The highest BCUT2D eigenvalue weighted by Gasteiger charge is 2.17. The summed E-state index contributed by atoms with van der Waals surface area (Å²) in [5, 5.41) is 14.9. The van der Waals surface area contributed by atoms with Gasteiger partial charge in [0, 0.05) is 25.2 Å². The first kappa shape index (κ1) is 26.2. The number of nitrogens with zero attached hydrogens (tertiary/aromatic N) is 1. The molecule has 0 aliphatic rings. The molecule has 0 aromatic heterocycles. The molecule has 0 saturated heterocycles. The number of urea groups is 1. The first-order valence-corrected chi connectivity index (χ1v) is 11.9. The van der Waals surface area contributed by atoms with Gasteiger partial charge in [0.2, 0.25) is 0 Å². The molecule has 2 aromatic rings. The summed E-state index contributed by atoms with van der Waals surface area (Å²) >= 11 is 0. The van der Waals surface area contributed by atoms with E-state index < -0.39 is 5.97 Å². The highest BCUT2D eigenvalue weighted by molar-refractivity contribution is 6.02. The molecule has 0 heterocycles. The summed E-state index contributed by atoms with van der Waals surface area (Å²) < 4.78 is 0. The highest BCUT2D eigenvalue weighted by Crippen LogP contribution is 2.30. The Morgan fingerprint density at radius 2 is 1.55 bits per heavy atom. The van der Waals surface area contributed by atoms with Gasteiger partial charge in [0.15, 0.2) is 0 Å². The van der Waals surface area contributed by atoms with E-state index in [0.29, 0.717) is 18.3 Å². The van der Waals surface area contributed by atoms with Gasteiger partial charge in [0.05, 0.1) is 11.4 Å². The fraction of sp³-hybridized carbons (Fsp3) is 0.481. The number of carbonyl (C=O) groups excluding carboxylic acids is 1. The maximum atomic E-state index is 12.9. The second kappa shape index (κ2) is 12.9. The normalized spacial score (nSPS) is 11.0. The lowest BCUT2D eigenvalue weighted by atomic mass is 10.0. The third-order valence-electron chi connectivity index (χ3n) is 5.32. The van der Waals surface area contributed by atoms with Crippen LogP contribution in [0, 0.1) is 18.8 Å². The van der Waals surface area contributed by atoms with Crippen molar-refractivity contribution in [2.24, 2.45) is 11.8 Å². The smallest absolute Gasteiger partial charge is 0.323 e. The van der Waals surface area contributed by atoms with Crippen LogP contribution in [0.3, 0.4) is 0 Å². The minimum atomic E-state index is -0.765. The molecule has 3 N–H and O–H groups in total. The predicted molar refractivity (Wildman–Crippen MR) is 137 cm³/mol. The molecule has 0 saturated carbocycles. The van der Waals surface area contributed by atoms with Crippen molar-refractivity contribution < 1.29 is 14.7 Å². The van der Waals surface area contributed by atoms with Crippen molar-refractivity contribution >= 4 is 29.1 Å². The molecule has 6 heteroatoms. The van der Waals surface area contributed by atoms with E-state index in [1.165, 1.54) is 0 Å². The van der Waals surface area contributed by atoms with Gasteiger partial charge in [0.25, 0.3) is 0 Å². The molecule has 0 radical (unpaired) electrons. The fourth-order valence-corrected chi connectivity index (χ4v) is 3.86. The van der Waals surface area contributed by atoms with E-state index in [2.05, 4.69) is 55.4 Å². The van der Waals surface area contributed by atoms with Crippen LogP contribution in [0.2, 0.25) is 0 Å². The number of benzene rings is 2. The van der Waals surface area contributed by atoms with Crippen LogP contribution >= 0.6 is 0 Å². The van der Waals surface area contributed by atoms with Gasteiger partial charge in [-0.2, -0.15) is 0 Å². The average Bonchev–Trinajstić information content (AvgIpc) is 2.72. The molecule has 0 unspecified atom stereocenters. The summed E-state index contributed by atoms with van der Waals surface area (Å²) in [5.41, 5.74) is 4.65. The molecule has 0 aliphatic heterocycles. The molecule has 33 heavy (non-hydrogen) atoms. The molecule has 2 aromatic carbocycles. The molecule has 180 valence electrons. The molecule has 0 bridgehead atoms. The van der Waals surface area contributed by atoms with Crippen LogP contribution in [0.1, 0.15) is 58.1 Å². The topological polar surface area (TPSA) is 81.7 Å². The summed E-state index contributed by atoms with van der Waals surface area (Å²) in [6.45, 7) is 12.5. The molecule has 6 nitrogen and oxygen atoms in total. The number of anilines is 3. The summed E-state index contributed by atoms with van der Waals surface area (Å²) in [6, 6.07) is 13.6. The van der Waals surface area contributed by atoms with Crippen molar-refractivity contribution in [2.75, 3.05) is 28.6 Å². The van der Waals surface area contributed by atoms with Gasteiger partial charge in [-0.15, -0.1) is 0 Å². The molecule has 0 aliphatic carbocycles. The van der Waals surface area contributed by atoms with Crippen molar-refractivity contribution in [2.45, 2.75) is 60.3 Å². The Balaban J connectivity index is 2.28. The molecule has 2 rings (SSSR count). The lowest BCUT2D eigenvalue weighted by Gasteiger charge is -2.30. The number of nitrogens with one attached hydrogen (secondary N) is 2. The Morgan fingerprint density at radius 1 is 0.909 bits per heavy atom. The third-order valence-corrected chi connectivity index (χ3v) is 5.32. The lowest BCUT2D eigenvalue weighted by molar-refractivity contribution is -0.137. The minimum absolute atomic E-state index is 0.179. The Kier molecular flexibility index (Phi) is 10.2. The lowest BCUT2D eigenvalue weighted by Crippen LogP contribution is -2.32. The summed E-state index contributed by atoms with van der Waals surface area (Å²) in [5.74, 6) is 0.194. The number of aliphatic carboxylic acids is 1. The van der Waals surface area contributed by atoms with Crippen LogP contribution < -0.4 is 15.5 Å². The third kappa shape index (κ3) is 9.16. The van der Waals surface area contributed by atoms with Crippen molar-refractivity contribution in [1.82, 2.24) is 0 Å². The quantitative estimate of drug-likeness (QED) is 0.318. The standard InChI is InChI=1S/C27H39N3O3/c1-19(2)17-30(18-20(3)4)25-15-14-22(11-7-9-13-26(31)32)16-24(25)29-27(33)28-23-12-8-6-10-21(23)5/h6,8,10,12,14-16,19-20H,7,9,11,13,17-18H2,1-5H3,(H,31,32)(H2,28,29,33). The number of carboxylic acid groups (broad SMARTS) is 1. The van der Waals surface area contributed by atoms with Crippen molar-refractivity contribution in [1.29, 1.82) is 0 Å². The Hall–Kier alpha value is -3.02. The number of para-hydroxylation sites is 1. The monoisotopic (exact) mass is 453 g/mol. The van der Waals surface area contributed by atoms with Crippen LogP contribution in [0.15, 0.2) is 42.5 Å². The van der Waals surface area contributed by atoms with Gasteiger partial charge in [-0.3, -0.25) is 4.79 Å². The van der Waals surface area contributed by atoms with Gasteiger partial charge in [-0.25, -0.2) is 4.79 Å². The van der Waals surface area contributed by atoms with Crippen molar-refractivity contribution in [3.05, 3.63) is 53.6 Å². The highest BCUT2D eigenvalue weighted by atomic mass is 16.4. The van der Waals surface area contributed by atoms with Crippen LogP contribution in [-0.2, 0) is 11.2 Å². The number of rotatable bonds is 12. The molecular weight excluding hydrogens is 414 g/mol. The second-order valence-corrected chi connectivity index (χ2v) is 9.54. The van der Waals surface area contributed by atoms with Crippen LogP contribution in [0.5, 0.6) is 0 Å². The van der Waals surface area contributed by atoms with E-state index in [-0.39, 0.29) is 12.5 Å². The van der Waals surface area contributed by atoms with Crippen LogP contribution in [-0.4, -0.2) is 30.2 Å². The van der Waals surface area contributed by atoms with Gasteiger partial charge in [-0.05, 0) is 67.3 Å². The van der Waals surface area contributed by atoms with Crippen LogP contribution in [0.4, 0.5) is 21.9 Å². The van der Waals surface area contributed by atoms with E-state index in [0.717, 1.165) is 54.1 Å². The maximum Gasteiger partial charge on any atom is 0.323 e. The number of carboxylic acids is 1. The molecule has 0 atom stereocenters. The average molecular weight is 454 g/mol. The Morgan fingerprint density at radius 3 is 2.15 bits per heavy atom. The number of aryl methyl sites for hydroxylation is 2. The number of carbonyl (C=O) groups is 2. The fourth-order valence-electron chi connectivity index (χ4n) is 3.86. The summed E-state index contributed by atoms with van der Waals surface area (Å²) in [6.07, 6.45) is 2.39. The van der Waals surface area contributed by atoms with Crippen LogP contribution in [0.25, 0.3) is 0 Å². The SMILES string of the molecule is Cc1ccccc1NC(=O)Nc1cc(CCCCC(=O)O)ccc1N(CC(C)C)CC(C)C. The first-order chi connectivity index (χ1) is 15.7. The number of hydrogen-bond donors (Lipinski definition) is 3. The Labute approximate surface area is 198 Å². The van der Waals surface area contributed by atoms with Gasteiger partial charge >= 0.3 is 12.0 Å². The van der Waals surface area contributed by atoms with Gasteiger partial charge < -0.3 is 20.6 Å². The minimum Gasteiger partial charge on any atom is -0.481 e. The van der Waals surface area contributed by atoms with E-state index in [9.17, 15) is 9.59 Å². The van der Waals surface area contributed by atoms with E-state index in [4.69, 9.17) is 5.11 Å². The number of unbranched alkanes of at least 4 members (excludes halogenated alkanes) is 1. The van der Waals surface area contributed by atoms with Gasteiger partial charge in [-0.1, -0.05) is 52.0 Å². The van der Waals surface area contributed by atoms with Crippen molar-refractivity contribution in [3.63, 3.8) is 0 Å². The summed E-state index contributed by atoms with van der Waals surface area (Å²) in [4.78, 5) is 26.0. The predicted octanol–water partition coefficient (Wildman–Crippen LogP) is 6.55. The first-order valence-electron chi connectivity index (χ1n) is 11.9. The second-order valence-electron chi connectivity index (χ2n) is 9.54. The van der Waals surface area contributed by atoms with E-state index in [1.807, 2.05) is 37.3 Å². The Bertz CT molecular complexity index is 915. The van der Waals surface area contributed by atoms with Crippen molar-refractivity contribution in [3.8, 4) is 0 Å². The van der Waals surface area contributed by atoms with E-state index >= 15 is 0 Å². The number of amides is 2. The zero-order valence-corrected chi connectivity index (χ0v) is 20.6. The molecule has 0 spiro atoms. The summed E-state index contributed by atoms with van der Waals surface area (Å²) in [7, 11) is 0. The molecular formula is C27H39N3O3. The van der Waals surface area contributed by atoms with E-state index in [1.54, 1.807) is 0 Å². The largest absolute Gasteiger partial charge is 0.481 e. The molecule has 2 amide bonds. The van der Waals surface area contributed by atoms with Gasteiger partial charge in [0.1, 0.15) is 0 Å². The zero-order valence-electron chi connectivity index (χ0n) is 20.6. The zero-order chi connectivity index (χ0) is 24.4. The number of hydrogen-bond acceptors (Lipinski definition) is 3.